The predicted molar refractivity (Wildman–Crippen MR) is 94.0 cm³/mol. The number of rotatable bonds is 5. The second-order valence-electron chi connectivity index (χ2n) is 6.53. The lowest BCUT2D eigenvalue weighted by Crippen LogP contribution is -2.39. The fourth-order valence-corrected chi connectivity index (χ4v) is 3.01. The first-order chi connectivity index (χ1) is 12.0. The maximum absolute atomic E-state index is 13.0. The molecule has 5 nitrogen and oxygen atoms in total. The summed E-state index contributed by atoms with van der Waals surface area (Å²) in [6.07, 6.45) is 3.87. The zero-order chi connectivity index (χ0) is 17.9. The normalized spacial score (nSPS) is 16.5. The molecule has 2 N–H and O–H groups in total. The fraction of sp³-hybridized carbons (Fsp3) is 0.368. The van der Waals surface area contributed by atoms with Gasteiger partial charge in [-0.25, -0.2) is 9.37 Å². The molecule has 0 radical (unpaired) electrons. The first-order valence-electron chi connectivity index (χ1n) is 8.44. The Morgan fingerprint density at radius 2 is 1.96 bits per heavy atom. The standard InChI is InChI=1S/C19H22FN3O2/c1-19(25,14-6-8-15(20)9-7-14)13-22-18(24)16-5-4-10-21-17(16)23-11-2-3-12-23/h4-10,25H,2-3,11-13H2,1H3,(H,22,24). The third-order valence-corrected chi connectivity index (χ3v) is 4.50. The van der Waals surface area contributed by atoms with Gasteiger partial charge in [-0.3, -0.25) is 4.79 Å². The molecule has 1 aromatic heterocycles. The Morgan fingerprint density at radius 1 is 1.28 bits per heavy atom. The molecule has 1 aromatic carbocycles. The number of hydrogen-bond donors (Lipinski definition) is 2. The van der Waals surface area contributed by atoms with E-state index in [-0.39, 0.29) is 18.3 Å². The van der Waals surface area contributed by atoms with Crippen LogP contribution in [0.15, 0.2) is 42.6 Å². The smallest absolute Gasteiger partial charge is 0.255 e. The molecule has 0 spiro atoms. The van der Waals surface area contributed by atoms with Crippen molar-refractivity contribution in [2.24, 2.45) is 0 Å². The van der Waals surface area contributed by atoms with Gasteiger partial charge in [0.1, 0.15) is 17.2 Å². The second-order valence-corrected chi connectivity index (χ2v) is 6.53. The minimum Gasteiger partial charge on any atom is -0.384 e. The van der Waals surface area contributed by atoms with Crippen LogP contribution < -0.4 is 10.2 Å². The summed E-state index contributed by atoms with van der Waals surface area (Å²) in [6, 6.07) is 9.08. The number of pyridine rings is 1. The van der Waals surface area contributed by atoms with E-state index in [1.165, 1.54) is 24.3 Å². The number of carbonyl (C=O) groups is 1. The van der Waals surface area contributed by atoms with Crippen LogP contribution in [-0.4, -0.2) is 35.6 Å². The van der Waals surface area contributed by atoms with E-state index in [0.29, 0.717) is 16.9 Å². The first kappa shape index (κ1) is 17.4. The highest BCUT2D eigenvalue weighted by atomic mass is 19.1. The highest BCUT2D eigenvalue weighted by Crippen LogP contribution is 2.23. The van der Waals surface area contributed by atoms with Gasteiger partial charge in [0, 0.05) is 19.3 Å². The predicted octanol–water partition coefficient (Wildman–Crippen LogP) is 2.46. The number of hydrogen-bond acceptors (Lipinski definition) is 4. The molecular weight excluding hydrogens is 321 g/mol. The summed E-state index contributed by atoms with van der Waals surface area (Å²) in [7, 11) is 0. The van der Waals surface area contributed by atoms with Crippen LogP contribution in [-0.2, 0) is 5.60 Å². The van der Waals surface area contributed by atoms with Crippen molar-refractivity contribution in [2.75, 3.05) is 24.5 Å². The highest BCUT2D eigenvalue weighted by Gasteiger charge is 2.26. The van der Waals surface area contributed by atoms with Gasteiger partial charge in [0.15, 0.2) is 0 Å². The zero-order valence-corrected chi connectivity index (χ0v) is 14.2. The first-order valence-corrected chi connectivity index (χ1v) is 8.44. The summed E-state index contributed by atoms with van der Waals surface area (Å²) in [5.74, 6) is 0.0329. The van der Waals surface area contributed by atoms with Gasteiger partial charge in [0.2, 0.25) is 0 Å². The maximum Gasteiger partial charge on any atom is 0.255 e. The molecular formula is C19H22FN3O2. The Hall–Kier alpha value is -2.47. The number of anilines is 1. The zero-order valence-electron chi connectivity index (χ0n) is 14.2. The number of amides is 1. The van der Waals surface area contributed by atoms with Gasteiger partial charge >= 0.3 is 0 Å². The number of halogens is 1. The summed E-state index contributed by atoms with van der Waals surface area (Å²) in [6.45, 7) is 3.39. The molecule has 25 heavy (non-hydrogen) atoms. The van der Waals surface area contributed by atoms with Gasteiger partial charge in [0.05, 0.1) is 12.1 Å². The van der Waals surface area contributed by atoms with Crippen LogP contribution in [0.1, 0.15) is 35.7 Å². The lowest BCUT2D eigenvalue weighted by Gasteiger charge is -2.25. The molecule has 6 heteroatoms. The van der Waals surface area contributed by atoms with Crippen molar-refractivity contribution in [3.8, 4) is 0 Å². The molecule has 1 saturated heterocycles. The quantitative estimate of drug-likeness (QED) is 0.875. The average molecular weight is 343 g/mol. The molecule has 0 bridgehead atoms. The SMILES string of the molecule is CC(O)(CNC(=O)c1cccnc1N1CCCC1)c1ccc(F)cc1. The largest absolute Gasteiger partial charge is 0.384 e. The van der Waals surface area contributed by atoms with Crippen molar-refractivity contribution in [1.29, 1.82) is 0 Å². The van der Waals surface area contributed by atoms with E-state index in [4.69, 9.17) is 0 Å². The fourth-order valence-electron chi connectivity index (χ4n) is 3.01. The summed E-state index contributed by atoms with van der Waals surface area (Å²) in [5.41, 5.74) is -0.251. The van der Waals surface area contributed by atoms with E-state index >= 15 is 0 Å². The molecule has 0 aliphatic carbocycles. The molecule has 1 unspecified atom stereocenters. The van der Waals surface area contributed by atoms with Gasteiger partial charge in [-0.1, -0.05) is 12.1 Å². The molecule has 3 rings (SSSR count). The van der Waals surface area contributed by atoms with Crippen molar-refractivity contribution in [3.05, 3.63) is 59.5 Å². The molecule has 1 aliphatic heterocycles. The monoisotopic (exact) mass is 343 g/mol. The second kappa shape index (κ2) is 7.19. The summed E-state index contributed by atoms with van der Waals surface area (Å²) in [4.78, 5) is 19.1. The van der Waals surface area contributed by atoms with E-state index < -0.39 is 5.60 Å². The van der Waals surface area contributed by atoms with Gasteiger partial charge in [-0.2, -0.15) is 0 Å². The topological polar surface area (TPSA) is 65.5 Å². The Morgan fingerprint density at radius 3 is 2.64 bits per heavy atom. The number of benzene rings is 1. The van der Waals surface area contributed by atoms with Crippen LogP contribution in [0.5, 0.6) is 0 Å². The molecule has 1 fully saturated rings. The van der Waals surface area contributed by atoms with Crippen LogP contribution in [0.4, 0.5) is 10.2 Å². The van der Waals surface area contributed by atoms with E-state index in [1.807, 2.05) is 0 Å². The van der Waals surface area contributed by atoms with Crippen molar-refractivity contribution in [3.63, 3.8) is 0 Å². The van der Waals surface area contributed by atoms with Gasteiger partial charge in [-0.05, 0) is 49.6 Å². The number of aromatic nitrogens is 1. The minimum absolute atomic E-state index is 0.0196. The molecule has 2 heterocycles. The Balaban J connectivity index is 1.71. The average Bonchev–Trinajstić information content (AvgIpc) is 3.15. The van der Waals surface area contributed by atoms with Crippen LogP contribution in [0, 0.1) is 5.82 Å². The number of carbonyl (C=O) groups excluding carboxylic acids is 1. The summed E-state index contributed by atoms with van der Waals surface area (Å²) in [5, 5.41) is 13.4. The van der Waals surface area contributed by atoms with Crippen LogP contribution in [0.2, 0.25) is 0 Å². The van der Waals surface area contributed by atoms with E-state index in [9.17, 15) is 14.3 Å². The third kappa shape index (κ3) is 3.96. The Bertz CT molecular complexity index is 741. The molecule has 132 valence electrons. The minimum atomic E-state index is -1.29. The summed E-state index contributed by atoms with van der Waals surface area (Å²) >= 11 is 0. The Kier molecular flexibility index (Phi) is 4.99. The van der Waals surface area contributed by atoms with Gasteiger partial charge in [0.25, 0.3) is 5.91 Å². The van der Waals surface area contributed by atoms with Crippen LogP contribution >= 0.6 is 0 Å². The van der Waals surface area contributed by atoms with Gasteiger partial charge in [-0.15, -0.1) is 0 Å². The molecule has 1 amide bonds. The van der Waals surface area contributed by atoms with E-state index in [0.717, 1.165) is 25.9 Å². The molecule has 1 aliphatic rings. The summed E-state index contributed by atoms with van der Waals surface area (Å²) < 4.78 is 13.0. The molecule has 1 atom stereocenters. The lowest BCUT2D eigenvalue weighted by atomic mass is 9.96. The van der Waals surface area contributed by atoms with Crippen molar-refractivity contribution >= 4 is 11.7 Å². The number of nitrogens with one attached hydrogen (secondary N) is 1. The highest BCUT2D eigenvalue weighted by molar-refractivity contribution is 5.99. The molecule has 2 aromatic rings. The number of nitrogens with zero attached hydrogens (tertiary/aromatic N) is 2. The van der Waals surface area contributed by atoms with Crippen molar-refractivity contribution in [2.45, 2.75) is 25.4 Å². The van der Waals surface area contributed by atoms with E-state index in [2.05, 4.69) is 15.2 Å². The van der Waals surface area contributed by atoms with Crippen molar-refractivity contribution < 1.29 is 14.3 Å². The maximum atomic E-state index is 13.0. The molecule has 0 saturated carbocycles. The third-order valence-electron chi connectivity index (χ3n) is 4.50. The van der Waals surface area contributed by atoms with E-state index in [1.54, 1.807) is 25.3 Å². The van der Waals surface area contributed by atoms with Crippen LogP contribution in [0.3, 0.4) is 0 Å². The lowest BCUT2D eigenvalue weighted by molar-refractivity contribution is 0.0526. The van der Waals surface area contributed by atoms with Gasteiger partial charge < -0.3 is 15.3 Å². The number of aliphatic hydroxyl groups is 1. The Labute approximate surface area is 146 Å². The van der Waals surface area contributed by atoms with Crippen molar-refractivity contribution in [1.82, 2.24) is 10.3 Å². The van der Waals surface area contributed by atoms with Crippen LogP contribution in [0.25, 0.3) is 0 Å².